The van der Waals surface area contributed by atoms with Crippen molar-refractivity contribution in [2.45, 2.75) is 19.6 Å². The van der Waals surface area contributed by atoms with Gasteiger partial charge in [-0.25, -0.2) is 4.79 Å². The van der Waals surface area contributed by atoms with Crippen LogP contribution in [-0.2, 0) is 20.9 Å². The quantitative estimate of drug-likeness (QED) is 0.573. The Morgan fingerprint density at radius 1 is 1.50 bits per heavy atom. The molecule has 1 unspecified atom stereocenters. The summed E-state index contributed by atoms with van der Waals surface area (Å²) in [5, 5.41) is 0. The van der Waals surface area contributed by atoms with Crippen LogP contribution in [0.15, 0.2) is 12.1 Å². The second-order valence-corrected chi connectivity index (χ2v) is 3.67. The minimum atomic E-state index is -0.582. The van der Waals surface area contributed by atoms with Gasteiger partial charge in [0.1, 0.15) is 12.7 Å². The molecule has 0 N–H and O–H groups in total. The van der Waals surface area contributed by atoms with Crippen LogP contribution >= 0.6 is 0 Å². The second-order valence-electron chi connectivity index (χ2n) is 3.67. The Balaban J connectivity index is 2.51. The second kappa shape index (κ2) is 4.06. The van der Waals surface area contributed by atoms with E-state index in [1.165, 1.54) is 7.11 Å². The smallest absolute Gasteiger partial charge is 0.338 e. The molecule has 0 spiro atoms. The fourth-order valence-electron chi connectivity index (χ4n) is 1.93. The Morgan fingerprint density at radius 2 is 2.25 bits per heavy atom. The summed E-state index contributed by atoms with van der Waals surface area (Å²) >= 11 is 0. The van der Waals surface area contributed by atoms with Crippen molar-refractivity contribution in [2.24, 2.45) is 0 Å². The van der Waals surface area contributed by atoms with E-state index in [4.69, 9.17) is 9.47 Å². The summed E-state index contributed by atoms with van der Waals surface area (Å²) in [5.74, 6) is -0.301. The Kier molecular flexibility index (Phi) is 2.75. The zero-order valence-electron chi connectivity index (χ0n) is 9.15. The van der Waals surface area contributed by atoms with Crippen molar-refractivity contribution in [2.75, 3.05) is 7.11 Å². The SMILES string of the molecule is COC(C=O)c1ccc2c(c1C)COC2=O. The average molecular weight is 220 g/mol. The van der Waals surface area contributed by atoms with E-state index < -0.39 is 6.10 Å². The summed E-state index contributed by atoms with van der Waals surface area (Å²) in [4.78, 5) is 22.1. The molecule has 1 heterocycles. The summed E-state index contributed by atoms with van der Waals surface area (Å²) in [6.07, 6.45) is 0.160. The van der Waals surface area contributed by atoms with Gasteiger partial charge >= 0.3 is 5.97 Å². The van der Waals surface area contributed by atoms with Crippen molar-refractivity contribution in [3.63, 3.8) is 0 Å². The van der Waals surface area contributed by atoms with Crippen molar-refractivity contribution in [3.05, 3.63) is 34.4 Å². The number of aldehydes is 1. The van der Waals surface area contributed by atoms with Gasteiger partial charge in [-0.2, -0.15) is 0 Å². The lowest BCUT2D eigenvalue weighted by Gasteiger charge is -2.13. The first-order chi connectivity index (χ1) is 7.69. The van der Waals surface area contributed by atoms with E-state index in [0.717, 1.165) is 23.0 Å². The third-order valence-electron chi connectivity index (χ3n) is 2.89. The van der Waals surface area contributed by atoms with Gasteiger partial charge in [-0.15, -0.1) is 0 Å². The third-order valence-corrected chi connectivity index (χ3v) is 2.89. The minimum Gasteiger partial charge on any atom is -0.457 e. The first-order valence-electron chi connectivity index (χ1n) is 4.96. The van der Waals surface area contributed by atoms with Crippen molar-refractivity contribution in [1.29, 1.82) is 0 Å². The number of ether oxygens (including phenoxy) is 2. The lowest BCUT2D eigenvalue weighted by molar-refractivity contribution is -0.116. The van der Waals surface area contributed by atoms with Crippen LogP contribution in [0.1, 0.15) is 33.2 Å². The molecule has 0 saturated carbocycles. The number of esters is 1. The maximum absolute atomic E-state index is 11.3. The van der Waals surface area contributed by atoms with Gasteiger partial charge in [0.15, 0.2) is 6.29 Å². The van der Waals surface area contributed by atoms with E-state index in [2.05, 4.69) is 0 Å². The molecule has 0 radical (unpaired) electrons. The van der Waals surface area contributed by atoms with Crippen molar-refractivity contribution < 1.29 is 19.1 Å². The first-order valence-corrected chi connectivity index (χ1v) is 4.96. The number of carbonyl (C=O) groups excluding carboxylic acids is 2. The lowest BCUT2D eigenvalue weighted by atomic mass is 9.96. The van der Waals surface area contributed by atoms with Crippen LogP contribution < -0.4 is 0 Å². The van der Waals surface area contributed by atoms with Gasteiger partial charge in [-0.05, 0) is 24.1 Å². The molecular weight excluding hydrogens is 208 g/mol. The minimum absolute atomic E-state index is 0.281. The van der Waals surface area contributed by atoms with Crippen LogP contribution in [0.5, 0.6) is 0 Å². The standard InChI is InChI=1S/C12H12O4/c1-7-8(11(5-13)15-2)3-4-9-10(7)6-16-12(9)14/h3-5,11H,6H2,1-2H3. The summed E-state index contributed by atoms with van der Waals surface area (Å²) in [7, 11) is 1.48. The molecular formula is C12H12O4. The lowest BCUT2D eigenvalue weighted by Crippen LogP contribution is -2.07. The van der Waals surface area contributed by atoms with Gasteiger partial charge in [-0.1, -0.05) is 6.07 Å². The monoisotopic (exact) mass is 220 g/mol. The van der Waals surface area contributed by atoms with Crippen molar-refractivity contribution in [1.82, 2.24) is 0 Å². The van der Waals surface area contributed by atoms with E-state index in [9.17, 15) is 9.59 Å². The molecule has 0 bridgehead atoms. The number of benzene rings is 1. The zero-order chi connectivity index (χ0) is 11.7. The zero-order valence-corrected chi connectivity index (χ0v) is 9.15. The molecule has 0 fully saturated rings. The normalized spacial score (nSPS) is 15.5. The molecule has 2 rings (SSSR count). The number of hydrogen-bond donors (Lipinski definition) is 0. The Hall–Kier alpha value is -1.68. The van der Waals surface area contributed by atoms with Gasteiger partial charge in [0.2, 0.25) is 0 Å². The molecule has 84 valence electrons. The maximum atomic E-state index is 11.3. The molecule has 0 saturated heterocycles. The molecule has 1 aliphatic rings. The number of cyclic esters (lactones) is 1. The molecule has 16 heavy (non-hydrogen) atoms. The third kappa shape index (κ3) is 1.51. The molecule has 0 amide bonds. The molecule has 0 aromatic heterocycles. The molecule has 4 heteroatoms. The number of hydrogen-bond acceptors (Lipinski definition) is 4. The molecule has 1 aliphatic heterocycles. The van der Waals surface area contributed by atoms with Crippen LogP contribution in [-0.4, -0.2) is 19.4 Å². The Labute approximate surface area is 93.2 Å². The van der Waals surface area contributed by atoms with E-state index in [1.54, 1.807) is 12.1 Å². The number of carbonyl (C=O) groups is 2. The molecule has 1 aromatic rings. The van der Waals surface area contributed by atoms with Crippen LogP contribution in [0.4, 0.5) is 0 Å². The highest BCUT2D eigenvalue weighted by Gasteiger charge is 2.25. The average Bonchev–Trinajstić information content (AvgIpc) is 2.66. The number of fused-ring (bicyclic) bond motifs is 1. The topological polar surface area (TPSA) is 52.6 Å². The van der Waals surface area contributed by atoms with Crippen molar-refractivity contribution in [3.8, 4) is 0 Å². The number of rotatable bonds is 3. The summed E-state index contributed by atoms with van der Waals surface area (Å²) in [6.45, 7) is 2.15. The van der Waals surface area contributed by atoms with E-state index in [1.807, 2.05) is 6.92 Å². The van der Waals surface area contributed by atoms with E-state index in [-0.39, 0.29) is 12.6 Å². The molecule has 1 aromatic carbocycles. The fourth-order valence-corrected chi connectivity index (χ4v) is 1.93. The molecule has 1 atom stereocenters. The van der Waals surface area contributed by atoms with Crippen LogP contribution in [0.25, 0.3) is 0 Å². The number of methoxy groups -OCH3 is 1. The fraction of sp³-hybridized carbons (Fsp3) is 0.333. The Morgan fingerprint density at radius 3 is 2.88 bits per heavy atom. The highest BCUT2D eigenvalue weighted by molar-refractivity contribution is 5.94. The largest absolute Gasteiger partial charge is 0.457 e. The highest BCUT2D eigenvalue weighted by Crippen LogP contribution is 2.29. The van der Waals surface area contributed by atoms with E-state index in [0.29, 0.717) is 5.56 Å². The van der Waals surface area contributed by atoms with Gasteiger partial charge in [0, 0.05) is 12.7 Å². The first kappa shape index (κ1) is 10.8. The van der Waals surface area contributed by atoms with Crippen molar-refractivity contribution >= 4 is 12.3 Å². The summed E-state index contributed by atoms with van der Waals surface area (Å²) in [5.41, 5.74) is 3.12. The summed E-state index contributed by atoms with van der Waals surface area (Å²) in [6, 6.07) is 3.42. The van der Waals surface area contributed by atoms with Gasteiger partial charge in [0.05, 0.1) is 5.56 Å². The van der Waals surface area contributed by atoms with Crippen LogP contribution in [0.2, 0.25) is 0 Å². The highest BCUT2D eigenvalue weighted by atomic mass is 16.5. The van der Waals surface area contributed by atoms with Gasteiger partial charge < -0.3 is 14.3 Å². The molecule has 4 nitrogen and oxygen atoms in total. The van der Waals surface area contributed by atoms with Crippen LogP contribution in [0, 0.1) is 6.92 Å². The predicted molar refractivity (Wildman–Crippen MR) is 56.1 cm³/mol. The maximum Gasteiger partial charge on any atom is 0.338 e. The predicted octanol–water partition coefficient (Wildman–Crippen LogP) is 1.55. The molecule has 0 aliphatic carbocycles. The van der Waals surface area contributed by atoms with Gasteiger partial charge in [0.25, 0.3) is 0 Å². The van der Waals surface area contributed by atoms with Gasteiger partial charge in [-0.3, -0.25) is 0 Å². The summed E-state index contributed by atoms with van der Waals surface area (Å²) < 4.78 is 10.00. The van der Waals surface area contributed by atoms with E-state index >= 15 is 0 Å². The van der Waals surface area contributed by atoms with Crippen LogP contribution in [0.3, 0.4) is 0 Å². The Bertz CT molecular complexity index is 451.